The van der Waals surface area contributed by atoms with Gasteiger partial charge in [-0.05, 0) is 33.1 Å². The molecule has 0 saturated carbocycles. The second kappa shape index (κ2) is 2.72. The molecule has 1 heterocycles. The van der Waals surface area contributed by atoms with Crippen molar-refractivity contribution in [3.05, 3.63) is 0 Å². The van der Waals surface area contributed by atoms with Crippen LogP contribution in [-0.2, 0) is 0 Å². The summed E-state index contributed by atoms with van der Waals surface area (Å²) in [7, 11) is 2.05. The molecule has 4 heteroatoms. The molecule has 0 aliphatic carbocycles. The summed E-state index contributed by atoms with van der Waals surface area (Å²) in [5.41, 5.74) is 0. The molecule has 10 heavy (non-hydrogen) atoms. The van der Waals surface area contributed by atoms with Crippen LogP contribution in [0, 0.1) is 0 Å². The van der Waals surface area contributed by atoms with Gasteiger partial charge in [-0.3, -0.25) is 4.90 Å². The van der Waals surface area contributed by atoms with E-state index in [9.17, 15) is 0 Å². The second-order valence-electron chi connectivity index (χ2n) is 2.64. The number of nitrogens with zero attached hydrogens (tertiary/aromatic N) is 1. The molecule has 2 N–H and O–H groups in total. The quantitative estimate of drug-likeness (QED) is 0.490. The molecule has 0 aromatic carbocycles. The molecule has 0 amide bonds. The van der Waals surface area contributed by atoms with Gasteiger partial charge in [0, 0.05) is 0 Å². The van der Waals surface area contributed by atoms with E-state index in [1.807, 2.05) is 0 Å². The van der Waals surface area contributed by atoms with E-state index in [2.05, 4.69) is 36.4 Å². The maximum atomic E-state index is 4.96. The van der Waals surface area contributed by atoms with Gasteiger partial charge >= 0.3 is 0 Å². The highest BCUT2D eigenvalue weighted by Gasteiger charge is 2.21. The third kappa shape index (κ3) is 1.38. The first-order valence-corrected chi connectivity index (χ1v) is 3.81. The normalized spacial score (nSPS) is 34.9. The molecule has 1 aliphatic rings. The van der Waals surface area contributed by atoms with Crippen molar-refractivity contribution in [2.75, 3.05) is 7.05 Å². The van der Waals surface area contributed by atoms with E-state index in [0.717, 1.165) is 5.11 Å². The maximum absolute atomic E-state index is 4.96. The Kier molecular flexibility index (Phi) is 2.11. The van der Waals surface area contributed by atoms with Gasteiger partial charge in [-0.2, -0.15) is 0 Å². The minimum atomic E-state index is 0.337. The number of hydrogen-bond acceptors (Lipinski definition) is 2. The van der Waals surface area contributed by atoms with E-state index in [4.69, 9.17) is 12.2 Å². The molecule has 0 bridgehead atoms. The van der Waals surface area contributed by atoms with Crippen molar-refractivity contribution in [1.29, 1.82) is 0 Å². The number of rotatable bonds is 0. The molecule has 1 rings (SSSR count). The Hall–Kier alpha value is -0.350. The van der Waals surface area contributed by atoms with Crippen molar-refractivity contribution in [2.45, 2.75) is 26.2 Å². The molecule has 0 aromatic heterocycles. The zero-order valence-electron chi connectivity index (χ0n) is 6.51. The molecule has 1 fully saturated rings. The smallest absolute Gasteiger partial charge is 0.168 e. The first kappa shape index (κ1) is 7.75. The molecule has 1 saturated heterocycles. The van der Waals surface area contributed by atoms with Gasteiger partial charge in [-0.1, -0.05) is 0 Å². The summed E-state index contributed by atoms with van der Waals surface area (Å²) in [4.78, 5) is 2.18. The predicted molar refractivity (Wildman–Crippen MR) is 45.6 cm³/mol. The predicted octanol–water partition coefficient (Wildman–Crippen LogP) is 0.0879. The highest BCUT2D eigenvalue weighted by Crippen LogP contribution is 2.01. The lowest BCUT2D eigenvalue weighted by Crippen LogP contribution is -2.62. The van der Waals surface area contributed by atoms with Crippen LogP contribution in [0.15, 0.2) is 0 Å². The molecule has 2 unspecified atom stereocenters. The van der Waals surface area contributed by atoms with E-state index in [1.165, 1.54) is 0 Å². The summed E-state index contributed by atoms with van der Waals surface area (Å²) in [6.45, 7) is 4.17. The van der Waals surface area contributed by atoms with Crippen LogP contribution in [0.3, 0.4) is 0 Å². The highest BCUT2D eigenvalue weighted by atomic mass is 32.1. The lowest BCUT2D eigenvalue weighted by molar-refractivity contribution is 0.151. The standard InChI is InChI=1S/C6H13N3S/c1-4-7-6(10)8-5(2)9(4)3/h4-5H,1-3H3,(H2,7,8,10). The molecule has 58 valence electrons. The zero-order chi connectivity index (χ0) is 7.72. The number of nitrogens with one attached hydrogen (secondary N) is 2. The Morgan fingerprint density at radius 2 is 1.70 bits per heavy atom. The SMILES string of the molecule is CC1NC(=S)NC(C)N1C. The number of hydrogen-bond donors (Lipinski definition) is 2. The minimum absolute atomic E-state index is 0.337. The van der Waals surface area contributed by atoms with Gasteiger partial charge in [0.2, 0.25) is 0 Å². The molecular weight excluding hydrogens is 146 g/mol. The summed E-state index contributed by atoms with van der Waals surface area (Å²) < 4.78 is 0. The highest BCUT2D eigenvalue weighted by molar-refractivity contribution is 7.80. The van der Waals surface area contributed by atoms with Gasteiger partial charge in [0.05, 0.1) is 12.3 Å². The fourth-order valence-corrected chi connectivity index (χ4v) is 1.30. The summed E-state index contributed by atoms with van der Waals surface area (Å²) in [5, 5.41) is 6.96. The van der Waals surface area contributed by atoms with Gasteiger partial charge in [0.25, 0.3) is 0 Å². The van der Waals surface area contributed by atoms with E-state index in [0.29, 0.717) is 12.3 Å². The molecule has 0 radical (unpaired) electrons. The molecule has 2 atom stereocenters. The minimum Gasteiger partial charge on any atom is -0.347 e. The first-order chi connectivity index (χ1) is 4.61. The lowest BCUT2D eigenvalue weighted by Gasteiger charge is -2.38. The Morgan fingerprint density at radius 1 is 1.30 bits per heavy atom. The fraction of sp³-hybridized carbons (Fsp3) is 0.833. The van der Waals surface area contributed by atoms with Crippen molar-refractivity contribution >= 4 is 17.3 Å². The monoisotopic (exact) mass is 159 g/mol. The van der Waals surface area contributed by atoms with E-state index < -0.39 is 0 Å². The third-order valence-corrected chi connectivity index (χ3v) is 2.14. The van der Waals surface area contributed by atoms with Crippen LogP contribution in [0.25, 0.3) is 0 Å². The van der Waals surface area contributed by atoms with Crippen LogP contribution in [0.5, 0.6) is 0 Å². The Bertz CT molecular complexity index is 134. The van der Waals surface area contributed by atoms with Gasteiger partial charge < -0.3 is 10.6 Å². The topological polar surface area (TPSA) is 27.3 Å². The average Bonchev–Trinajstić information content (AvgIpc) is 1.82. The van der Waals surface area contributed by atoms with Crippen LogP contribution in [0.4, 0.5) is 0 Å². The van der Waals surface area contributed by atoms with Crippen LogP contribution in [0.2, 0.25) is 0 Å². The lowest BCUT2D eigenvalue weighted by atomic mass is 10.3. The maximum Gasteiger partial charge on any atom is 0.168 e. The second-order valence-corrected chi connectivity index (χ2v) is 3.04. The van der Waals surface area contributed by atoms with E-state index in [1.54, 1.807) is 0 Å². The van der Waals surface area contributed by atoms with Gasteiger partial charge in [0.1, 0.15) is 0 Å². The van der Waals surface area contributed by atoms with E-state index >= 15 is 0 Å². The molecule has 0 aromatic rings. The molecule has 1 aliphatic heterocycles. The van der Waals surface area contributed by atoms with Crippen molar-refractivity contribution < 1.29 is 0 Å². The van der Waals surface area contributed by atoms with Crippen molar-refractivity contribution in [1.82, 2.24) is 15.5 Å². The van der Waals surface area contributed by atoms with Gasteiger partial charge in [-0.25, -0.2) is 0 Å². The summed E-state index contributed by atoms with van der Waals surface area (Å²) in [6.07, 6.45) is 0.674. The summed E-state index contributed by atoms with van der Waals surface area (Å²) in [5.74, 6) is 0. The first-order valence-electron chi connectivity index (χ1n) is 3.40. The van der Waals surface area contributed by atoms with Crippen LogP contribution in [0.1, 0.15) is 13.8 Å². The Balaban J connectivity index is 2.57. The van der Waals surface area contributed by atoms with Gasteiger partial charge in [0.15, 0.2) is 5.11 Å². The number of thiocarbonyl (C=S) groups is 1. The summed E-state index contributed by atoms with van der Waals surface area (Å²) in [6, 6.07) is 0. The third-order valence-electron chi connectivity index (χ3n) is 1.90. The van der Waals surface area contributed by atoms with Crippen LogP contribution in [-0.4, -0.2) is 29.4 Å². The van der Waals surface area contributed by atoms with Crippen LogP contribution >= 0.6 is 12.2 Å². The van der Waals surface area contributed by atoms with E-state index in [-0.39, 0.29) is 0 Å². The molecule has 0 spiro atoms. The molecular formula is C6H13N3S. The summed E-state index contributed by atoms with van der Waals surface area (Å²) >= 11 is 4.96. The van der Waals surface area contributed by atoms with Crippen molar-refractivity contribution in [3.63, 3.8) is 0 Å². The van der Waals surface area contributed by atoms with Crippen molar-refractivity contribution in [3.8, 4) is 0 Å². The fourth-order valence-electron chi connectivity index (χ4n) is 0.960. The largest absolute Gasteiger partial charge is 0.347 e. The Labute approximate surface area is 66.8 Å². The van der Waals surface area contributed by atoms with Gasteiger partial charge in [-0.15, -0.1) is 0 Å². The zero-order valence-corrected chi connectivity index (χ0v) is 7.33. The van der Waals surface area contributed by atoms with Crippen molar-refractivity contribution in [2.24, 2.45) is 0 Å². The Morgan fingerprint density at radius 3 is 2.10 bits per heavy atom. The molecule has 3 nitrogen and oxygen atoms in total. The van der Waals surface area contributed by atoms with Crippen LogP contribution < -0.4 is 10.6 Å². The average molecular weight is 159 g/mol.